The Hall–Kier alpha value is -1.77. The molecule has 1 atom stereocenters. The van der Waals surface area contributed by atoms with Gasteiger partial charge in [0.2, 0.25) is 5.91 Å². The Morgan fingerprint density at radius 3 is 2.82 bits per heavy atom. The van der Waals surface area contributed by atoms with E-state index < -0.39 is 0 Å². The van der Waals surface area contributed by atoms with E-state index in [1.165, 1.54) is 17.4 Å². The number of piperidine rings is 1. The van der Waals surface area contributed by atoms with Gasteiger partial charge in [0.15, 0.2) is 0 Å². The third-order valence-corrected chi connectivity index (χ3v) is 5.48. The Labute approximate surface area is 131 Å². The molecule has 116 valence electrons. The molecule has 1 aromatic heterocycles. The molecule has 1 saturated heterocycles. The van der Waals surface area contributed by atoms with E-state index in [0.29, 0.717) is 11.8 Å². The number of rotatable bonds is 2. The lowest BCUT2D eigenvalue weighted by Crippen LogP contribution is -2.44. The molecule has 1 saturated carbocycles. The van der Waals surface area contributed by atoms with E-state index in [1.54, 1.807) is 0 Å². The number of amides is 1. The molecule has 0 spiro atoms. The molecule has 3 heteroatoms. The molecule has 3 nitrogen and oxygen atoms in total. The van der Waals surface area contributed by atoms with Gasteiger partial charge in [-0.2, -0.15) is 0 Å². The van der Waals surface area contributed by atoms with Crippen molar-refractivity contribution in [2.24, 2.45) is 5.92 Å². The van der Waals surface area contributed by atoms with Crippen molar-refractivity contribution < 1.29 is 4.79 Å². The van der Waals surface area contributed by atoms with Crippen LogP contribution in [0.4, 0.5) is 0 Å². The van der Waals surface area contributed by atoms with Crippen LogP contribution in [0.15, 0.2) is 24.3 Å². The molecule has 1 aliphatic carbocycles. The first-order chi connectivity index (χ1) is 10.6. The highest BCUT2D eigenvalue weighted by molar-refractivity contribution is 5.98. The number of nitrogens with one attached hydrogen (secondary N) is 1. The topological polar surface area (TPSA) is 36.1 Å². The summed E-state index contributed by atoms with van der Waals surface area (Å²) in [6, 6.07) is 8.38. The number of carbonyl (C=O) groups excluding carboxylic acids is 1. The van der Waals surface area contributed by atoms with Gasteiger partial charge in [-0.3, -0.25) is 4.79 Å². The van der Waals surface area contributed by atoms with Gasteiger partial charge in [-0.15, -0.1) is 0 Å². The summed E-state index contributed by atoms with van der Waals surface area (Å²) in [5.41, 5.74) is 3.32. The largest absolute Gasteiger partial charge is 0.358 e. The van der Waals surface area contributed by atoms with E-state index in [9.17, 15) is 4.79 Å². The van der Waals surface area contributed by atoms with Crippen LogP contribution in [-0.2, 0) is 10.2 Å². The number of H-pyrrole nitrogens is 1. The van der Waals surface area contributed by atoms with E-state index in [2.05, 4.69) is 48.0 Å². The van der Waals surface area contributed by atoms with Gasteiger partial charge in [0, 0.05) is 29.7 Å². The fourth-order valence-electron chi connectivity index (χ4n) is 4.27. The third-order valence-electron chi connectivity index (χ3n) is 5.48. The lowest BCUT2D eigenvalue weighted by atomic mass is 9.90. The summed E-state index contributed by atoms with van der Waals surface area (Å²) in [5.74, 6) is 1.00. The number of aryl methyl sites for hydroxylation is 1. The minimum Gasteiger partial charge on any atom is -0.358 e. The molecule has 0 bridgehead atoms. The van der Waals surface area contributed by atoms with Crippen LogP contribution < -0.4 is 0 Å². The number of hydrogen-bond donors (Lipinski definition) is 1. The number of carbonyl (C=O) groups is 1. The van der Waals surface area contributed by atoms with Crippen molar-refractivity contribution in [3.63, 3.8) is 0 Å². The summed E-state index contributed by atoms with van der Waals surface area (Å²) in [5, 5.41) is 1.23. The molecular formula is C19H24N2O. The van der Waals surface area contributed by atoms with Crippen LogP contribution in [0, 0.1) is 12.8 Å². The molecule has 1 aromatic carbocycles. The molecule has 2 heterocycles. The summed E-state index contributed by atoms with van der Waals surface area (Å²) in [6.07, 6.45) is 4.40. The average molecular weight is 296 g/mol. The molecule has 1 unspecified atom stereocenters. The first-order valence-electron chi connectivity index (χ1n) is 8.49. The Bertz CT molecular complexity index is 726. The Morgan fingerprint density at radius 1 is 1.32 bits per heavy atom. The lowest BCUT2D eigenvalue weighted by molar-refractivity contribution is -0.135. The van der Waals surface area contributed by atoms with Crippen molar-refractivity contribution in [1.82, 2.24) is 9.88 Å². The molecule has 2 fully saturated rings. The van der Waals surface area contributed by atoms with Crippen molar-refractivity contribution in [2.45, 2.75) is 44.9 Å². The van der Waals surface area contributed by atoms with Gasteiger partial charge >= 0.3 is 0 Å². The quantitative estimate of drug-likeness (QED) is 0.900. The molecule has 0 radical (unpaired) electrons. The van der Waals surface area contributed by atoms with Gasteiger partial charge in [0.05, 0.1) is 5.41 Å². The molecule has 1 N–H and O–H groups in total. The smallest absolute Gasteiger partial charge is 0.233 e. The molecule has 2 aliphatic rings. The third kappa shape index (κ3) is 1.98. The zero-order valence-electron chi connectivity index (χ0n) is 13.5. The Balaban J connectivity index is 1.74. The second kappa shape index (κ2) is 4.87. The maximum absolute atomic E-state index is 13.2. The number of benzene rings is 1. The predicted molar refractivity (Wildman–Crippen MR) is 88.9 cm³/mol. The van der Waals surface area contributed by atoms with Crippen LogP contribution in [0.1, 0.15) is 43.9 Å². The van der Waals surface area contributed by atoms with Crippen LogP contribution in [0.5, 0.6) is 0 Å². The number of aromatic amines is 1. The summed E-state index contributed by atoms with van der Waals surface area (Å²) < 4.78 is 0. The standard InChI is InChI=1S/C19H24N2O/c1-13-6-5-11-21(12-13)18(22)19(9-10-19)17-14(2)20-16-8-4-3-7-15(16)17/h3-4,7-8,13,20H,5-6,9-12H2,1-2H3. The molecular weight excluding hydrogens is 272 g/mol. The fraction of sp³-hybridized carbons (Fsp3) is 0.526. The van der Waals surface area contributed by atoms with E-state index in [4.69, 9.17) is 0 Å². The van der Waals surface area contributed by atoms with Gasteiger partial charge in [-0.1, -0.05) is 25.1 Å². The molecule has 4 rings (SSSR count). The molecule has 1 aliphatic heterocycles. The van der Waals surface area contributed by atoms with Crippen LogP contribution in [0.2, 0.25) is 0 Å². The number of fused-ring (bicyclic) bond motifs is 1. The monoisotopic (exact) mass is 296 g/mol. The van der Waals surface area contributed by atoms with Crippen LogP contribution >= 0.6 is 0 Å². The lowest BCUT2D eigenvalue weighted by Gasteiger charge is -2.34. The molecule has 22 heavy (non-hydrogen) atoms. The summed E-state index contributed by atoms with van der Waals surface area (Å²) in [4.78, 5) is 18.8. The minimum atomic E-state index is -0.249. The second-order valence-corrected chi connectivity index (χ2v) is 7.25. The van der Waals surface area contributed by atoms with Gasteiger partial charge in [0.25, 0.3) is 0 Å². The van der Waals surface area contributed by atoms with Crippen molar-refractivity contribution in [1.29, 1.82) is 0 Å². The number of nitrogens with zero attached hydrogens (tertiary/aromatic N) is 1. The van der Waals surface area contributed by atoms with Crippen molar-refractivity contribution in [2.75, 3.05) is 13.1 Å². The first-order valence-corrected chi connectivity index (χ1v) is 8.49. The Kier molecular flexibility index (Phi) is 3.07. The highest BCUT2D eigenvalue weighted by atomic mass is 16.2. The normalized spacial score (nSPS) is 23.7. The number of para-hydroxylation sites is 1. The van der Waals surface area contributed by atoms with Crippen molar-refractivity contribution in [3.8, 4) is 0 Å². The SMILES string of the molecule is Cc1[nH]c2ccccc2c1C1(C(=O)N2CCCC(C)C2)CC1. The van der Waals surface area contributed by atoms with E-state index in [-0.39, 0.29) is 5.41 Å². The average Bonchev–Trinajstić information content (AvgIpc) is 3.23. The van der Waals surface area contributed by atoms with Crippen LogP contribution in [0.3, 0.4) is 0 Å². The predicted octanol–water partition coefficient (Wildman–Crippen LogP) is 3.77. The zero-order chi connectivity index (χ0) is 15.3. The van der Waals surface area contributed by atoms with Crippen molar-refractivity contribution in [3.05, 3.63) is 35.5 Å². The fourth-order valence-corrected chi connectivity index (χ4v) is 4.27. The second-order valence-electron chi connectivity index (χ2n) is 7.25. The van der Waals surface area contributed by atoms with Crippen molar-refractivity contribution >= 4 is 16.8 Å². The summed E-state index contributed by atoms with van der Waals surface area (Å²) in [6.45, 7) is 6.24. The molecule has 1 amide bonds. The van der Waals surface area contributed by atoms with Gasteiger partial charge in [0.1, 0.15) is 0 Å². The Morgan fingerprint density at radius 2 is 2.09 bits per heavy atom. The van der Waals surface area contributed by atoms with Crippen LogP contribution in [-0.4, -0.2) is 28.9 Å². The van der Waals surface area contributed by atoms with E-state index >= 15 is 0 Å². The van der Waals surface area contributed by atoms with Gasteiger partial charge in [-0.05, 0) is 50.2 Å². The minimum absolute atomic E-state index is 0.249. The van der Waals surface area contributed by atoms with Gasteiger partial charge in [-0.25, -0.2) is 0 Å². The first kappa shape index (κ1) is 13.9. The van der Waals surface area contributed by atoms with Gasteiger partial charge < -0.3 is 9.88 Å². The van der Waals surface area contributed by atoms with E-state index in [1.807, 2.05) is 0 Å². The maximum atomic E-state index is 13.2. The maximum Gasteiger partial charge on any atom is 0.233 e. The number of aromatic nitrogens is 1. The van der Waals surface area contributed by atoms with Crippen LogP contribution in [0.25, 0.3) is 10.9 Å². The highest BCUT2D eigenvalue weighted by Gasteiger charge is 2.55. The molecule has 2 aromatic rings. The summed E-state index contributed by atoms with van der Waals surface area (Å²) >= 11 is 0. The number of likely N-dealkylation sites (tertiary alicyclic amines) is 1. The number of hydrogen-bond acceptors (Lipinski definition) is 1. The zero-order valence-corrected chi connectivity index (χ0v) is 13.5. The van der Waals surface area contributed by atoms with E-state index in [0.717, 1.165) is 43.6 Å². The summed E-state index contributed by atoms with van der Waals surface area (Å²) in [7, 11) is 0. The highest BCUT2D eigenvalue weighted by Crippen LogP contribution is 2.53.